The second-order valence-corrected chi connectivity index (χ2v) is 7.85. The highest BCUT2D eigenvalue weighted by atomic mass is 16.3. The van der Waals surface area contributed by atoms with Gasteiger partial charge in [0.25, 0.3) is 0 Å². The SMILES string of the molecule is c1ccc(-c2ccc3c(c2)c2oc4ccccc4c2c2c4ccccc4[nH]c32)cc1. The minimum absolute atomic E-state index is 0.927. The predicted molar refractivity (Wildman–Crippen MR) is 126 cm³/mol. The summed E-state index contributed by atoms with van der Waals surface area (Å²) in [6.07, 6.45) is 0. The summed E-state index contributed by atoms with van der Waals surface area (Å²) in [6.45, 7) is 0. The highest BCUT2D eigenvalue weighted by Gasteiger charge is 2.19. The van der Waals surface area contributed by atoms with Crippen molar-refractivity contribution in [3.63, 3.8) is 0 Å². The molecule has 2 heterocycles. The normalized spacial score (nSPS) is 12.0. The summed E-state index contributed by atoms with van der Waals surface area (Å²) in [4.78, 5) is 3.69. The van der Waals surface area contributed by atoms with Gasteiger partial charge in [0, 0.05) is 37.8 Å². The van der Waals surface area contributed by atoms with Crippen LogP contribution in [0.25, 0.3) is 65.6 Å². The second-order valence-electron chi connectivity index (χ2n) is 7.85. The van der Waals surface area contributed by atoms with Crippen LogP contribution in [0.1, 0.15) is 0 Å². The van der Waals surface area contributed by atoms with Crippen molar-refractivity contribution in [2.75, 3.05) is 0 Å². The van der Waals surface area contributed by atoms with E-state index < -0.39 is 0 Å². The van der Waals surface area contributed by atoms with Crippen LogP contribution in [-0.4, -0.2) is 4.98 Å². The van der Waals surface area contributed by atoms with E-state index in [1.165, 1.54) is 38.2 Å². The quantitative estimate of drug-likeness (QED) is 0.305. The Kier molecular flexibility index (Phi) is 3.03. The van der Waals surface area contributed by atoms with Gasteiger partial charge < -0.3 is 9.40 Å². The fourth-order valence-electron chi connectivity index (χ4n) is 4.85. The van der Waals surface area contributed by atoms with Crippen molar-refractivity contribution >= 4 is 54.5 Å². The molecule has 0 radical (unpaired) electrons. The molecule has 0 atom stereocenters. The monoisotopic (exact) mass is 383 g/mol. The van der Waals surface area contributed by atoms with Crippen LogP contribution in [0.2, 0.25) is 0 Å². The third-order valence-corrected chi connectivity index (χ3v) is 6.19. The summed E-state index contributed by atoms with van der Waals surface area (Å²) in [6, 6.07) is 34.1. The maximum absolute atomic E-state index is 6.47. The summed E-state index contributed by atoms with van der Waals surface area (Å²) in [5.41, 5.74) is 6.61. The molecular formula is C28H17NO. The first-order chi connectivity index (χ1) is 14.9. The average molecular weight is 383 g/mol. The number of benzene rings is 5. The van der Waals surface area contributed by atoms with Crippen molar-refractivity contribution < 1.29 is 4.42 Å². The molecule has 0 fully saturated rings. The molecule has 0 saturated heterocycles. The van der Waals surface area contributed by atoms with Crippen LogP contribution in [0.4, 0.5) is 0 Å². The third kappa shape index (κ3) is 2.03. The maximum Gasteiger partial charge on any atom is 0.144 e. The minimum Gasteiger partial charge on any atom is -0.455 e. The van der Waals surface area contributed by atoms with Crippen LogP contribution in [0.15, 0.2) is 101 Å². The number of nitrogens with one attached hydrogen (secondary N) is 1. The molecule has 30 heavy (non-hydrogen) atoms. The number of furan rings is 1. The van der Waals surface area contributed by atoms with Gasteiger partial charge in [0.1, 0.15) is 11.2 Å². The lowest BCUT2D eigenvalue weighted by atomic mass is 9.96. The maximum atomic E-state index is 6.47. The Hall–Kier alpha value is -4.04. The summed E-state index contributed by atoms with van der Waals surface area (Å²) >= 11 is 0. The molecule has 140 valence electrons. The number of H-pyrrole nitrogens is 1. The number of para-hydroxylation sites is 2. The Bertz CT molecular complexity index is 1740. The lowest BCUT2D eigenvalue weighted by Crippen LogP contribution is -1.82. The van der Waals surface area contributed by atoms with E-state index >= 15 is 0 Å². The summed E-state index contributed by atoms with van der Waals surface area (Å²) < 4.78 is 6.47. The predicted octanol–water partition coefficient (Wildman–Crippen LogP) is 8.04. The van der Waals surface area contributed by atoms with E-state index in [-0.39, 0.29) is 0 Å². The van der Waals surface area contributed by atoms with Crippen molar-refractivity contribution in [1.82, 2.24) is 4.98 Å². The van der Waals surface area contributed by atoms with Gasteiger partial charge in [0.2, 0.25) is 0 Å². The topological polar surface area (TPSA) is 28.9 Å². The molecule has 2 nitrogen and oxygen atoms in total. The molecule has 0 aliphatic rings. The van der Waals surface area contributed by atoms with Gasteiger partial charge in [-0.05, 0) is 29.3 Å². The van der Waals surface area contributed by atoms with Crippen LogP contribution in [-0.2, 0) is 0 Å². The second kappa shape index (κ2) is 5.74. The fourth-order valence-corrected chi connectivity index (χ4v) is 4.85. The molecule has 2 aromatic heterocycles. The van der Waals surface area contributed by atoms with Crippen molar-refractivity contribution in [1.29, 1.82) is 0 Å². The van der Waals surface area contributed by atoms with Gasteiger partial charge in [-0.3, -0.25) is 0 Å². The number of hydrogen-bond acceptors (Lipinski definition) is 1. The lowest BCUT2D eigenvalue weighted by Gasteiger charge is -2.07. The summed E-state index contributed by atoms with van der Waals surface area (Å²) in [5.74, 6) is 0. The molecule has 2 heteroatoms. The van der Waals surface area contributed by atoms with Crippen LogP contribution < -0.4 is 0 Å². The van der Waals surface area contributed by atoms with Gasteiger partial charge in [0.15, 0.2) is 0 Å². The van der Waals surface area contributed by atoms with E-state index in [0.29, 0.717) is 0 Å². The number of rotatable bonds is 1. The minimum atomic E-state index is 0.927. The zero-order valence-electron chi connectivity index (χ0n) is 16.1. The van der Waals surface area contributed by atoms with Gasteiger partial charge in [-0.2, -0.15) is 0 Å². The van der Waals surface area contributed by atoms with E-state index in [9.17, 15) is 0 Å². The molecular weight excluding hydrogens is 366 g/mol. The molecule has 0 spiro atoms. The van der Waals surface area contributed by atoms with E-state index in [1.54, 1.807) is 0 Å². The summed E-state index contributed by atoms with van der Waals surface area (Å²) in [5, 5.41) is 7.16. The zero-order chi connectivity index (χ0) is 19.7. The average Bonchev–Trinajstić information content (AvgIpc) is 3.38. The van der Waals surface area contributed by atoms with E-state index in [2.05, 4.69) is 96.0 Å². The highest BCUT2D eigenvalue weighted by molar-refractivity contribution is 6.35. The number of fused-ring (bicyclic) bond motifs is 10. The van der Waals surface area contributed by atoms with Crippen LogP contribution >= 0.6 is 0 Å². The first-order valence-corrected chi connectivity index (χ1v) is 10.2. The highest BCUT2D eigenvalue weighted by Crippen LogP contribution is 2.44. The van der Waals surface area contributed by atoms with E-state index in [1.807, 2.05) is 6.07 Å². The smallest absolute Gasteiger partial charge is 0.144 e. The number of aromatic nitrogens is 1. The van der Waals surface area contributed by atoms with Crippen LogP contribution in [0.5, 0.6) is 0 Å². The van der Waals surface area contributed by atoms with Crippen molar-refractivity contribution in [3.05, 3.63) is 97.1 Å². The van der Waals surface area contributed by atoms with Crippen LogP contribution in [0.3, 0.4) is 0 Å². The number of hydrogen-bond donors (Lipinski definition) is 1. The molecule has 5 aromatic carbocycles. The molecule has 0 unspecified atom stereocenters. The first kappa shape index (κ1) is 15.8. The standard InChI is InChI=1S/C28H17NO/c1-2-8-17(9-3-1)18-14-15-19-22(16-18)28-26(21-11-5-7-13-24(21)30-28)25-20-10-4-6-12-23(20)29-27(19)25/h1-16,29H. The summed E-state index contributed by atoms with van der Waals surface area (Å²) in [7, 11) is 0. The van der Waals surface area contributed by atoms with Gasteiger partial charge in [0.05, 0.1) is 5.52 Å². The zero-order valence-corrected chi connectivity index (χ0v) is 16.1. The van der Waals surface area contributed by atoms with E-state index in [4.69, 9.17) is 4.42 Å². The van der Waals surface area contributed by atoms with Crippen molar-refractivity contribution in [2.45, 2.75) is 0 Å². The fraction of sp³-hybridized carbons (Fsp3) is 0. The van der Waals surface area contributed by atoms with Gasteiger partial charge in [-0.1, -0.05) is 78.9 Å². The number of aromatic amines is 1. The van der Waals surface area contributed by atoms with Gasteiger partial charge >= 0.3 is 0 Å². The first-order valence-electron chi connectivity index (χ1n) is 10.2. The molecule has 7 rings (SSSR count). The Morgan fingerprint density at radius 3 is 2.20 bits per heavy atom. The van der Waals surface area contributed by atoms with Crippen molar-refractivity contribution in [2.24, 2.45) is 0 Å². The Balaban J connectivity index is 1.76. The Labute approximate surface area is 172 Å². The molecule has 0 saturated carbocycles. The molecule has 7 aromatic rings. The third-order valence-electron chi connectivity index (χ3n) is 6.19. The molecule has 0 aliphatic carbocycles. The molecule has 0 aliphatic heterocycles. The largest absolute Gasteiger partial charge is 0.455 e. The molecule has 0 amide bonds. The van der Waals surface area contributed by atoms with Gasteiger partial charge in [-0.25, -0.2) is 0 Å². The molecule has 1 N–H and O–H groups in total. The molecule has 0 bridgehead atoms. The van der Waals surface area contributed by atoms with Crippen LogP contribution in [0, 0.1) is 0 Å². The Morgan fingerprint density at radius 2 is 1.30 bits per heavy atom. The van der Waals surface area contributed by atoms with Gasteiger partial charge in [-0.15, -0.1) is 0 Å². The lowest BCUT2D eigenvalue weighted by molar-refractivity contribution is 0.673. The van der Waals surface area contributed by atoms with E-state index in [0.717, 1.165) is 27.5 Å². The Morgan fingerprint density at radius 1 is 0.533 bits per heavy atom. The van der Waals surface area contributed by atoms with Crippen molar-refractivity contribution in [3.8, 4) is 11.1 Å².